The number of thiocarbonyl (C=S) groups is 1. The molecule has 0 bridgehead atoms. The van der Waals surface area contributed by atoms with Gasteiger partial charge < -0.3 is 4.74 Å². The molecule has 1 amide bonds. The third-order valence-electron chi connectivity index (χ3n) is 3.28. The molecule has 0 aliphatic carbocycles. The molecular formula is C15H10F3NO2S2. The topological polar surface area (TPSA) is 29.5 Å². The third kappa shape index (κ3) is 3.28. The van der Waals surface area contributed by atoms with Crippen LogP contribution in [-0.2, 0) is 15.7 Å². The summed E-state index contributed by atoms with van der Waals surface area (Å²) < 4.78 is 43.9. The normalized spacial score (nSPS) is 23.0. The first kappa shape index (κ1) is 16.1. The van der Waals surface area contributed by atoms with Crippen LogP contribution in [-0.4, -0.2) is 16.3 Å². The molecule has 0 N–H and O–H groups in total. The van der Waals surface area contributed by atoms with Crippen molar-refractivity contribution in [1.82, 2.24) is 0 Å². The summed E-state index contributed by atoms with van der Waals surface area (Å²) in [4.78, 5) is 13.9. The number of carbonyl (C=O) groups excluding carboxylic acids is 1. The van der Waals surface area contributed by atoms with Gasteiger partial charge in [-0.2, -0.15) is 13.2 Å². The summed E-state index contributed by atoms with van der Waals surface area (Å²) in [5, 5.41) is 0. The van der Waals surface area contributed by atoms with Crippen LogP contribution in [0.1, 0.15) is 12.0 Å². The van der Waals surface area contributed by atoms with Crippen molar-refractivity contribution in [3.05, 3.63) is 53.1 Å². The zero-order chi connectivity index (χ0) is 16.6. The van der Waals surface area contributed by atoms with Crippen LogP contribution >= 0.6 is 24.0 Å². The van der Waals surface area contributed by atoms with Crippen molar-refractivity contribution in [3.63, 3.8) is 0 Å². The maximum Gasteiger partial charge on any atom is 0.416 e. The van der Waals surface area contributed by atoms with E-state index in [4.69, 9.17) is 17.0 Å². The van der Waals surface area contributed by atoms with Gasteiger partial charge in [0.1, 0.15) is 6.10 Å². The molecule has 1 fully saturated rings. The van der Waals surface area contributed by atoms with Crippen LogP contribution < -0.4 is 4.90 Å². The molecule has 3 rings (SSSR count). The molecular weight excluding hydrogens is 347 g/mol. The number of amides is 1. The molecule has 1 saturated heterocycles. The predicted octanol–water partition coefficient (Wildman–Crippen LogP) is 4.26. The lowest BCUT2D eigenvalue weighted by Crippen LogP contribution is -2.28. The Morgan fingerprint density at radius 2 is 2.17 bits per heavy atom. The van der Waals surface area contributed by atoms with E-state index >= 15 is 0 Å². The Kier molecular flexibility index (Phi) is 4.20. The van der Waals surface area contributed by atoms with Crippen molar-refractivity contribution in [1.29, 1.82) is 0 Å². The Labute approximate surface area is 139 Å². The summed E-state index contributed by atoms with van der Waals surface area (Å²) >= 11 is 6.20. The third-order valence-corrected chi connectivity index (χ3v) is 4.60. The SMILES string of the molecule is O=C1/C(=C\C2CC=CO2)SC(=S)N1c1cccc(C(F)(F)F)c1. The highest BCUT2D eigenvalue weighted by molar-refractivity contribution is 8.27. The van der Waals surface area contributed by atoms with Gasteiger partial charge in [-0.25, -0.2) is 0 Å². The maximum atomic E-state index is 12.8. The highest BCUT2D eigenvalue weighted by Crippen LogP contribution is 2.38. The van der Waals surface area contributed by atoms with E-state index in [9.17, 15) is 18.0 Å². The molecule has 120 valence electrons. The zero-order valence-electron chi connectivity index (χ0n) is 11.5. The number of ether oxygens (including phenoxy) is 1. The van der Waals surface area contributed by atoms with Crippen LogP contribution in [0.15, 0.2) is 47.6 Å². The Morgan fingerprint density at radius 3 is 2.83 bits per heavy atom. The average Bonchev–Trinajstić information content (AvgIpc) is 3.08. The van der Waals surface area contributed by atoms with Gasteiger partial charge in [-0.15, -0.1) is 0 Å². The summed E-state index contributed by atoms with van der Waals surface area (Å²) in [6.45, 7) is 0. The van der Waals surface area contributed by atoms with E-state index in [1.807, 2.05) is 6.08 Å². The number of carbonyl (C=O) groups is 1. The van der Waals surface area contributed by atoms with Crippen LogP contribution in [0.2, 0.25) is 0 Å². The second-order valence-corrected chi connectivity index (χ2v) is 6.55. The molecule has 1 atom stereocenters. The minimum absolute atomic E-state index is 0.108. The van der Waals surface area contributed by atoms with Crippen LogP contribution in [0.5, 0.6) is 0 Å². The molecule has 3 nitrogen and oxygen atoms in total. The Hall–Kier alpha value is -1.80. The van der Waals surface area contributed by atoms with Gasteiger partial charge in [-0.05, 0) is 30.4 Å². The second-order valence-electron chi connectivity index (χ2n) is 4.87. The molecule has 1 aromatic carbocycles. The Balaban J connectivity index is 1.88. The number of anilines is 1. The summed E-state index contributed by atoms with van der Waals surface area (Å²) in [5.41, 5.74) is -0.715. The lowest BCUT2D eigenvalue weighted by Gasteiger charge is -2.16. The molecule has 8 heteroatoms. The standard InChI is InChI=1S/C15H10F3NO2S2/c16-15(17,18)9-3-1-4-10(7-9)19-13(20)12(23-14(19)22)8-11-5-2-6-21-11/h1-4,6-8,11H,5H2/b12-8+. The van der Waals surface area contributed by atoms with Crippen molar-refractivity contribution in [2.45, 2.75) is 18.7 Å². The van der Waals surface area contributed by atoms with E-state index in [1.165, 1.54) is 12.1 Å². The van der Waals surface area contributed by atoms with Crippen LogP contribution in [0.25, 0.3) is 0 Å². The quantitative estimate of drug-likeness (QED) is 0.584. The molecule has 0 aromatic heterocycles. The van der Waals surface area contributed by atoms with Crippen molar-refractivity contribution < 1.29 is 22.7 Å². The number of nitrogens with zero attached hydrogens (tertiary/aromatic N) is 1. The van der Waals surface area contributed by atoms with E-state index < -0.39 is 17.6 Å². The number of hydrogen-bond donors (Lipinski definition) is 0. The highest BCUT2D eigenvalue weighted by Gasteiger charge is 2.36. The fourth-order valence-corrected chi connectivity index (χ4v) is 3.53. The molecule has 0 radical (unpaired) electrons. The van der Waals surface area contributed by atoms with Crippen LogP contribution in [0, 0.1) is 0 Å². The van der Waals surface area contributed by atoms with Crippen LogP contribution in [0.3, 0.4) is 0 Å². The molecule has 2 aliphatic heterocycles. The number of benzene rings is 1. The van der Waals surface area contributed by atoms with Gasteiger partial charge in [0.15, 0.2) is 4.32 Å². The first-order chi connectivity index (χ1) is 10.9. The minimum Gasteiger partial charge on any atom is -0.494 e. The van der Waals surface area contributed by atoms with Crippen molar-refractivity contribution >= 4 is 39.9 Å². The predicted molar refractivity (Wildman–Crippen MR) is 85.8 cm³/mol. The molecule has 1 aromatic rings. The molecule has 2 aliphatic rings. The average molecular weight is 357 g/mol. The van der Waals surface area contributed by atoms with E-state index in [0.29, 0.717) is 11.3 Å². The van der Waals surface area contributed by atoms with Gasteiger partial charge in [0, 0.05) is 6.42 Å². The van der Waals surface area contributed by atoms with Gasteiger partial charge >= 0.3 is 6.18 Å². The lowest BCUT2D eigenvalue weighted by atomic mass is 10.2. The molecule has 0 spiro atoms. The van der Waals surface area contributed by atoms with E-state index in [2.05, 4.69) is 0 Å². The van der Waals surface area contributed by atoms with E-state index in [0.717, 1.165) is 28.8 Å². The number of halogens is 3. The summed E-state index contributed by atoms with van der Waals surface area (Å²) in [6.07, 6.45) is 0.949. The second kappa shape index (κ2) is 6.01. The van der Waals surface area contributed by atoms with Gasteiger partial charge in [-0.3, -0.25) is 9.69 Å². The first-order valence-corrected chi connectivity index (χ1v) is 7.84. The molecule has 2 heterocycles. The maximum absolute atomic E-state index is 12.8. The van der Waals surface area contributed by atoms with Crippen molar-refractivity contribution in [3.8, 4) is 0 Å². The Morgan fingerprint density at radius 1 is 1.39 bits per heavy atom. The lowest BCUT2D eigenvalue weighted by molar-refractivity contribution is -0.137. The fourth-order valence-electron chi connectivity index (χ4n) is 2.20. The number of hydrogen-bond acceptors (Lipinski definition) is 4. The summed E-state index contributed by atoms with van der Waals surface area (Å²) in [5.74, 6) is -0.435. The van der Waals surface area contributed by atoms with Crippen molar-refractivity contribution in [2.24, 2.45) is 0 Å². The highest BCUT2D eigenvalue weighted by atomic mass is 32.2. The smallest absolute Gasteiger partial charge is 0.416 e. The number of alkyl halides is 3. The Bertz CT molecular complexity index is 720. The van der Waals surface area contributed by atoms with E-state index in [-0.39, 0.29) is 16.1 Å². The number of thioether (sulfide) groups is 1. The summed E-state index contributed by atoms with van der Waals surface area (Å²) in [6, 6.07) is 4.55. The zero-order valence-corrected chi connectivity index (χ0v) is 13.2. The molecule has 0 saturated carbocycles. The van der Waals surface area contributed by atoms with Gasteiger partial charge in [0.05, 0.1) is 22.4 Å². The first-order valence-electron chi connectivity index (χ1n) is 6.62. The van der Waals surface area contributed by atoms with Gasteiger partial charge in [0.25, 0.3) is 5.91 Å². The van der Waals surface area contributed by atoms with Crippen LogP contribution in [0.4, 0.5) is 18.9 Å². The van der Waals surface area contributed by atoms with Crippen molar-refractivity contribution in [2.75, 3.05) is 4.90 Å². The number of rotatable bonds is 2. The fraction of sp³-hybridized carbons (Fsp3) is 0.200. The van der Waals surface area contributed by atoms with Gasteiger partial charge in [-0.1, -0.05) is 30.0 Å². The minimum atomic E-state index is -4.48. The summed E-state index contributed by atoms with van der Waals surface area (Å²) in [7, 11) is 0. The molecule has 23 heavy (non-hydrogen) atoms. The molecule has 1 unspecified atom stereocenters. The van der Waals surface area contributed by atoms with Gasteiger partial charge in [0.2, 0.25) is 0 Å². The monoisotopic (exact) mass is 357 g/mol. The largest absolute Gasteiger partial charge is 0.494 e. The van der Waals surface area contributed by atoms with E-state index in [1.54, 1.807) is 12.3 Å².